The van der Waals surface area contributed by atoms with E-state index >= 15 is 0 Å². The van der Waals surface area contributed by atoms with E-state index < -0.39 is 5.97 Å². The Labute approximate surface area is 119 Å². The molecule has 0 aliphatic heterocycles. The van der Waals surface area contributed by atoms with Gasteiger partial charge in [0.25, 0.3) is 0 Å². The predicted octanol–water partition coefficient (Wildman–Crippen LogP) is 2.94. The number of carbonyl (C=O) groups is 1. The maximum atomic E-state index is 11.1. The molecule has 0 radical (unpaired) electrons. The molecule has 1 heterocycles. The van der Waals surface area contributed by atoms with Crippen LogP contribution in [-0.2, 0) is 13.2 Å². The zero-order chi connectivity index (χ0) is 13.8. The number of nitrogens with zero attached hydrogens (tertiary/aromatic N) is 2. The summed E-state index contributed by atoms with van der Waals surface area (Å²) >= 11 is 3.30. The number of aryl methyl sites for hydroxylation is 1. The molecule has 100 valence electrons. The van der Waals surface area contributed by atoms with Crippen LogP contribution in [0.1, 0.15) is 23.1 Å². The van der Waals surface area contributed by atoms with Gasteiger partial charge in [0.15, 0.2) is 0 Å². The highest BCUT2D eigenvalue weighted by atomic mass is 79.9. The number of para-hydroxylation sites is 1. The van der Waals surface area contributed by atoms with Crippen LogP contribution in [0, 0.1) is 0 Å². The van der Waals surface area contributed by atoms with Crippen LogP contribution < -0.4 is 4.74 Å². The minimum atomic E-state index is -1.02. The zero-order valence-electron chi connectivity index (χ0n) is 10.3. The summed E-state index contributed by atoms with van der Waals surface area (Å²) in [5.74, 6) is 0.0605. The number of benzene rings is 1. The highest BCUT2D eigenvalue weighted by Gasteiger charge is 2.15. The SMILES string of the molecule is CCn1ccnc1COc1c(Br)cccc1C(=O)O. The molecule has 0 bridgehead atoms. The fraction of sp³-hybridized carbons (Fsp3) is 0.231. The first-order valence-corrected chi connectivity index (χ1v) is 6.57. The van der Waals surface area contributed by atoms with Crippen LogP contribution in [0.5, 0.6) is 5.75 Å². The van der Waals surface area contributed by atoms with Gasteiger partial charge in [-0.05, 0) is 35.0 Å². The second-order valence-corrected chi connectivity index (χ2v) is 4.69. The number of halogens is 1. The van der Waals surface area contributed by atoms with Crippen LogP contribution in [0.25, 0.3) is 0 Å². The summed E-state index contributed by atoms with van der Waals surface area (Å²) in [6, 6.07) is 4.91. The van der Waals surface area contributed by atoms with Crippen LogP contribution in [-0.4, -0.2) is 20.6 Å². The number of ether oxygens (including phenoxy) is 1. The van der Waals surface area contributed by atoms with Crippen molar-refractivity contribution in [2.45, 2.75) is 20.1 Å². The van der Waals surface area contributed by atoms with Gasteiger partial charge in [-0.2, -0.15) is 0 Å². The molecule has 5 nitrogen and oxygen atoms in total. The Bertz CT molecular complexity index is 595. The van der Waals surface area contributed by atoms with Gasteiger partial charge in [-0.3, -0.25) is 0 Å². The number of imidazole rings is 1. The highest BCUT2D eigenvalue weighted by Crippen LogP contribution is 2.29. The molecule has 0 amide bonds. The number of aromatic carboxylic acids is 1. The molecule has 2 rings (SSSR count). The fourth-order valence-corrected chi connectivity index (χ4v) is 2.21. The highest BCUT2D eigenvalue weighted by molar-refractivity contribution is 9.10. The average Bonchev–Trinajstić information content (AvgIpc) is 2.84. The third-order valence-electron chi connectivity index (χ3n) is 2.69. The second-order valence-electron chi connectivity index (χ2n) is 3.84. The first kappa shape index (κ1) is 13.6. The molecule has 1 aromatic carbocycles. The summed E-state index contributed by atoms with van der Waals surface area (Å²) in [6.45, 7) is 3.02. The summed E-state index contributed by atoms with van der Waals surface area (Å²) in [7, 11) is 0. The molecule has 6 heteroatoms. The van der Waals surface area contributed by atoms with E-state index in [2.05, 4.69) is 20.9 Å². The van der Waals surface area contributed by atoms with E-state index in [4.69, 9.17) is 9.84 Å². The summed E-state index contributed by atoms with van der Waals surface area (Å²) < 4.78 is 8.16. The number of carboxylic acids is 1. The number of hydrogen-bond donors (Lipinski definition) is 1. The molecule has 0 spiro atoms. The molecule has 0 fully saturated rings. The number of rotatable bonds is 5. The first-order valence-electron chi connectivity index (χ1n) is 5.78. The predicted molar refractivity (Wildman–Crippen MR) is 73.3 cm³/mol. The molecular weight excluding hydrogens is 312 g/mol. The molecule has 2 aromatic rings. The van der Waals surface area contributed by atoms with Crippen molar-refractivity contribution in [1.82, 2.24) is 9.55 Å². The molecule has 19 heavy (non-hydrogen) atoms. The van der Waals surface area contributed by atoms with Crippen molar-refractivity contribution in [1.29, 1.82) is 0 Å². The van der Waals surface area contributed by atoms with Gasteiger partial charge in [0.1, 0.15) is 23.7 Å². The van der Waals surface area contributed by atoms with E-state index in [0.29, 0.717) is 10.2 Å². The van der Waals surface area contributed by atoms with Crippen molar-refractivity contribution < 1.29 is 14.6 Å². The molecule has 0 saturated heterocycles. The first-order chi connectivity index (χ1) is 9.13. The van der Waals surface area contributed by atoms with Gasteiger partial charge >= 0.3 is 5.97 Å². The van der Waals surface area contributed by atoms with Crippen molar-refractivity contribution in [3.05, 3.63) is 46.5 Å². The molecule has 0 unspecified atom stereocenters. The van der Waals surface area contributed by atoms with Gasteiger partial charge in [0, 0.05) is 18.9 Å². The van der Waals surface area contributed by atoms with Crippen molar-refractivity contribution in [3.63, 3.8) is 0 Å². The smallest absolute Gasteiger partial charge is 0.339 e. The van der Waals surface area contributed by atoms with Gasteiger partial charge in [-0.15, -0.1) is 0 Å². The normalized spacial score (nSPS) is 10.4. The van der Waals surface area contributed by atoms with E-state index in [0.717, 1.165) is 12.4 Å². The largest absolute Gasteiger partial charge is 0.484 e. The Hall–Kier alpha value is -1.82. The van der Waals surface area contributed by atoms with Crippen LogP contribution in [0.15, 0.2) is 35.1 Å². The molecule has 0 atom stereocenters. The second kappa shape index (κ2) is 5.88. The lowest BCUT2D eigenvalue weighted by atomic mass is 10.2. The minimum Gasteiger partial charge on any atom is -0.484 e. The van der Waals surface area contributed by atoms with Crippen molar-refractivity contribution in [2.75, 3.05) is 0 Å². The third kappa shape index (κ3) is 2.96. The van der Waals surface area contributed by atoms with Crippen molar-refractivity contribution in [2.24, 2.45) is 0 Å². The van der Waals surface area contributed by atoms with Gasteiger partial charge in [0.05, 0.1) is 4.47 Å². The molecule has 0 aliphatic rings. The number of aromatic nitrogens is 2. The topological polar surface area (TPSA) is 64.4 Å². The van der Waals surface area contributed by atoms with E-state index in [1.807, 2.05) is 17.7 Å². The molecule has 0 saturated carbocycles. The number of carboxylic acid groups (broad SMARTS) is 1. The molecule has 0 aliphatic carbocycles. The summed E-state index contributed by atoms with van der Waals surface area (Å²) in [4.78, 5) is 15.3. The van der Waals surface area contributed by atoms with Gasteiger partial charge in [0.2, 0.25) is 0 Å². The van der Waals surface area contributed by atoms with E-state index in [9.17, 15) is 4.79 Å². The van der Waals surface area contributed by atoms with Crippen molar-refractivity contribution >= 4 is 21.9 Å². The van der Waals surface area contributed by atoms with Crippen LogP contribution in [0.3, 0.4) is 0 Å². The zero-order valence-corrected chi connectivity index (χ0v) is 11.9. The lowest BCUT2D eigenvalue weighted by Crippen LogP contribution is -2.08. The maximum absolute atomic E-state index is 11.1. The van der Waals surface area contributed by atoms with E-state index in [-0.39, 0.29) is 12.2 Å². The van der Waals surface area contributed by atoms with Crippen LogP contribution in [0.2, 0.25) is 0 Å². The Morgan fingerprint density at radius 1 is 1.53 bits per heavy atom. The van der Waals surface area contributed by atoms with Crippen molar-refractivity contribution in [3.8, 4) is 5.75 Å². The monoisotopic (exact) mass is 324 g/mol. The van der Waals surface area contributed by atoms with Gasteiger partial charge < -0.3 is 14.4 Å². The summed E-state index contributed by atoms with van der Waals surface area (Å²) in [5.41, 5.74) is 0.129. The Morgan fingerprint density at radius 3 is 3.00 bits per heavy atom. The van der Waals surface area contributed by atoms with E-state index in [1.165, 1.54) is 6.07 Å². The molecule has 1 N–H and O–H groups in total. The fourth-order valence-electron chi connectivity index (χ4n) is 1.73. The van der Waals surface area contributed by atoms with Gasteiger partial charge in [-0.25, -0.2) is 9.78 Å². The summed E-state index contributed by atoms with van der Waals surface area (Å²) in [6.07, 6.45) is 3.55. The van der Waals surface area contributed by atoms with Gasteiger partial charge in [-0.1, -0.05) is 6.07 Å². The Balaban J connectivity index is 2.22. The van der Waals surface area contributed by atoms with E-state index in [1.54, 1.807) is 18.3 Å². The number of hydrogen-bond acceptors (Lipinski definition) is 3. The van der Waals surface area contributed by atoms with Crippen LogP contribution >= 0.6 is 15.9 Å². The Kier molecular flexibility index (Phi) is 4.21. The minimum absolute atomic E-state index is 0.129. The lowest BCUT2D eigenvalue weighted by Gasteiger charge is -2.11. The lowest BCUT2D eigenvalue weighted by molar-refractivity contribution is 0.0691. The maximum Gasteiger partial charge on any atom is 0.339 e. The Morgan fingerprint density at radius 2 is 2.32 bits per heavy atom. The summed E-state index contributed by atoms with van der Waals surface area (Å²) in [5, 5.41) is 9.13. The standard InChI is InChI=1S/C13H13BrN2O3/c1-2-16-7-6-15-11(16)8-19-12-9(13(17)18)4-3-5-10(12)14/h3-7H,2,8H2,1H3,(H,17,18). The average molecular weight is 325 g/mol. The molecule has 1 aromatic heterocycles. The quantitative estimate of drug-likeness (QED) is 0.918. The van der Waals surface area contributed by atoms with Crippen LogP contribution in [0.4, 0.5) is 0 Å². The third-order valence-corrected chi connectivity index (χ3v) is 3.31. The molecular formula is C13H13BrN2O3.